The molecule has 0 saturated heterocycles. The molecule has 92 valence electrons. The zero-order chi connectivity index (χ0) is 13.1. The number of nitriles is 1. The maximum absolute atomic E-state index is 11.9. The Bertz CT molecular complexity index is 537. The first-order valence-corrected chi connectivity index (χ1v) is 7.27. The Morgan fingerprint density at radius 3 is 2.59 bits per heavy atom. The highest BCUT2D eigenvalue weighted by atomic mass is 79.9. The molecule has 0 spiro atoms. The minimum absolute atomic E-state index is 0.246. The Labute approximate surface area is 110 Å². The van der Waals surface area contributed by atoms with Crippen molar-refractivity contribution in [2.45, 2.75) is 18.7 Å². The molecule has 6 heteroatoms. The van der Waals surface area contributed by atoms with Crippen LogP contribution in [0, 0.1) is 11.3 Å². The Morgan fingerprint density at radius 2 is 2.06 bits per heavy atom. The topological polar surface area (TPSA) is 61.2 Å². The summed E-state index contributed by atoms with van der Waals surface area (Å²) in [5.41, 5.74) is 0.865. The number of hydrogen-bond donors (Lipinski definition) is 0. The van der Waals surface area contributed by atoms with Crippen molar-refractivity contribution in [2.75, 3.05) is 7.05 Å². The molecule has 0 aliphatic heterocycles. The van der Waals surface area contributed by atoms with Crippen LogP contribution < -0.4 is 0 Å². The summed E-state index contributed by atoms with van der Waals surface area (Å²) in [6.07, 6.45) is 0. The van der Waals surface area contributed by atoms with Crippen LogP contribution in [0.3, 0.4) is 0 Å². The molecule has 1 rings (SSSR count). The van der Waals surface area contributed by atoms with Gasteiger partial charge in [-0.3, -0.25) is 0 Å². The lowest BCUT2D eigenvalue weighted by Crippen LogP contribution is -2.33. The van der Waals surface area contributed by atoms with E-state index in [0.717, 1.165) is 10.0 Å². The number of nitrogens with zero attached hydrogens (tertiary/aromatic N) is 2. The van der Waals surface area contributed by atoms with Crippen LogP contribution in [0.4, 0.5) is 0 Å². The van der Waals surface area contributed by atoms with E-state index in [1.807, 2.05) is 24.3 Å². The molecule has 0 amide bonds. The van der Waals surface area contributed by atoms with Crippen molar-refractivity contribution in [3.8, 4) is 6.07 Å². The average Bonchev–Trinajstić information content (AvgIpc) is 2.30. The van der Waals surface area contributed by atoms with Gasteiger partial charge in [-0.15, -0.1) is 0 Å². The minimum Gasteiger partial charge on any atom is -0.211 e. The van der Waals surface area contributed by atoms with Gasteiger partial charge in [0.2, 0.25) is 10.0 Å². The van der Waals surface area contributed by atoms with E-state index in [0.29, 0.717) is 0 Å². The molecule has 0 aliphatic carbocycles. The van der Waals surface area contributed by atoms with Crippen molar-refractivity contribution in [3.05, 3.63) is 34.3 Å². The van der Waals surface area contributed by atoms with E-state index >= 15 is 0 Å². The SMILES string of the molecule is CC(C#N)S(=O)(=O)N(C)Cc1ccccc1Br. The highest BCUT2D eigenvalue weighted by molar-refractivity contribution is 9.10. The summed E-state index contributed by atoms with van der Waals surface area (Å²) in [5.74, 6) is 0. The van der Waals surface area contributed by atoms with Crippen LogP contribution in [-0.4, -0.2) is 25.0 Å². The molecule has 1 aromatic carbocycles. The molecule has 1 unspecified atom stereocenters. The molecule has 0 aromatic heterocycles. The van der Waals surface area contributed by atoms with Crippen LogP contribution in [-0.2, 0) is 16.6 Å². The fraction of sp³-hybridized carbons (Fsp3) is 0.364. The van der Waals surface area contributed by atoms with Gasteiger partial charge in [-0.1, -0.05) is 34.1 Å². The van der Waals surface area contributed by atoms with Gasteiger partial charge in [0.05, 0.1) is 6.07 Å². The van der Waals surface area contributed by atoms with Crippen molar-refractivity contribution in [3.63, 3.8) is 0 Å². The fourth-order valence-corrected chi connectivity index (χ4v) is 2.70. The van der Waals surface area contributed by atoms with Gasteiger partial charge in [0.25, 0.3) is 0 Å². The molecule has 1 aromatic rings. The lowest BCUT2D eigenvalue weighted by Gasteiger charge is -2.19. The van der Waals surface area contributed by atoms with E-state index in [4.69, 9.17) is 5.26 Å². The monoisotopic (exact) mass is 316 g/mol. The fourth-order valence-electron chi connectivity index (χ4n) is 1.29. The zero-order valence-electron chi connectivity index (χ0n) is 9.59. The highest BCUT2D eigenvalue weighted by Gasteiger charge is 2.25. The first-order valence-electron chi connectivity index (χ1n) is 4.97. The summed E-state index contributed by atoms with van der Waals surface area (Å²) in [6, 6.07) is 9.14. The molecule has 0 aliphatic rings. The lowest BCUT2D eigenvalue weighted by atomic mass is 10.2. The molecule has 0 N–H and O–H groups in total. The van der Waals surface area contributed by atoms with Gasteiger partial charge >= 0.3 is 0 Å². The van der Waals surface area contributed by atoms with Crippen molar-refractivity contribution >= 4 is 26.0 Å². The average molecular weight is 317 g/mol. The molecule has 17 heavy (non-hydrogen) atoms. The van der Waals surface area contributed by atoms with Gasteiger partial charge in [-0.2, -0.15) is 9.57 Å². The van der Waals surface area contributed by atoms with Gasteiger partial charge in [-0.05, 0) is 18.6 Å². The molecule has 0 radical (unpaired) electrons. The van der Waals surface area contributed by atoms with E-state index < -0.39 is 15.3 Å². The quantitative estimate of drug-likeness (QED) is 0.854. The second kappa shape index (κ2) is 5.63. The maximum Gasteiger partial charge on any atom is 0.230 e. The van der Waals surface area contributed by atoms with Crippen LogP contribution in [0.2, 0.25) is 0 Å². The van der Waals surface area contributed by atoms with Crippen molar-refractivity contribution < 1.29 is 8.42 Å². The zero-order valence-corrected chi connectivity index (χ0v) is 12.0. The van der Waals surface area contributed by atoms with E-state index in [-0.39, 0.29) is 6.54 Å². The van der Waals surface area contributed by atoms with Crippen LogP contribution >= 0.6 is 15.9 Å². The predicted octanol–water partition coefficient (Wildman–Crippen LogP) is 2.12. The third-order valence-electron chi connectivity index (χ3n) is 2.41. The van der Waals surface area contributed by atoms with Gasteiger partial charge in [0, 0.05) is 18.1 Å². The maximum atomic E-state index is 11.9. The van der Waals surface area contributed by atoms with E-state index in [2.05, 4.69) is 15.9 Å². The first-order chi connectivity index (χ1) is 7.89. The van der Waals surface area contributed by atoms with Crippen molar-refractivity contribution in [2.24, 2.45) is 0 Å². The number of halogens is 1. The summed E-state index contributed by atoms with van der Waals surface area (Å²) >= 11 is 3.36. The van der Waals surface area contributed by atoms with E-state index in [9.17, 15) is 8.42 Å². The van der Waals surface area contributed by atoms with Gasteiger partial charge < -0.3 is 0 Å². The second-order valence-electron chi connectivity index (χ2n) is 3.66. The summed E-state index contributed by atoms with van der Waals surface area (Å²) in [5, 5.41) is 7.64. The normalized spacial score (nSPS) is 13.4. The molecule has 0 bridgehead atoms. The van der Waals surface area contributed by atoms with Crippen LogP contribution in [0.5, 0.6) is 0 Å². The summed E-state index contributed by atoms with van der Waals surface area (Å²) in [6.45, 7) is 1.63. The Morgan fingerprint density at radius 1 is 1.47 bits per heavy atom. The largest absolute Gasteiger partial charge is 0.230 e. The number of sulfonamides is 1. The van der Waals surface area contributed by atoms with Crippen LogP contribution in [0.1, 0.15) is 12.5 Å². The first kappa shape index (κ1) is 14.2. The van der Waals surface area contributed by atoms with Crippen LogP contribution in [0.15, 0.2) is 28.7 Å². The van der Waals surface area contributed by atoms with Crippen LogP contribution in [0.25, 0.3) is 0 Å². The summed E-state index contributed by atoms with van der Waals surface area (Å²) in [7, 11) is -2.08. The molecule has 4 nitrogen and oxygen atoms in total. The van der Waals surface area contributed by atoms with Gasteiger partial charge in [0.15, 0.2) is 5.25 Å². The third-order valence-corrected chi connectivity index (χ3v) is 5.18. The molecule has 0 saturated carbocycles. The third kappa shape index (κ3) is 3.28. The standard InChI is InChI=1S/C11H13BrN2O2S/c1-9(7-13)17(15,16)14(2)8-10-5-3-4-6-11(10)12/h3-6,9H,8H2,1-2H3. The predicted molar refractivity (Wildman–Crippen MR) is 69.6 cm³/mol. The Hall–Kier alpha value is -0.900. The smallest absolute Gasteiger partial charge is 0.211 e. The molecule has 0 fully saturated rings. The van der Waals surface area contributed by atoms with Gasteiger partial charge in [0.1, 0.15) is 0 Å². The number of rotatable bonds is 4. The summed E-state index contributed by atoms with van der Waals surface area (Å²) in [4.78, 5) is 0. The van der Waals surface area contributed by atoms with Crippen molar-refractivity contribution in [1.82, 2.24) is 4.31 Å². The molecular formula is C11H13BrN2O2S. The van der Waals surface area contributed by atoms with Gasteiger partial charge in [-0.25, -0.2) is 8.42 Å². The summed E-state index contributed by atoms with van der Waals surface area (Å²) < 4.78 is 25.8. The number of hydrogen-bond acceptors (Lipinski definition) is 3. The Kier molecular flexibility index (Phi) is 4.69. The molecule has 1 atom stereocenters. The minimum atomic E-state index is -3.55. The second-order valence-corrected chi connectivity index (χ2v) is 6.88. The van der Waals surface area contributed by atoms with Crippen molar-refractivity contribution in [1.29, 1.82) is 5.26 Å². The lowest BCUT2D eigenvalue weighted by molar-refractivity contribution is 0.462. The molecule has 0 heterocycles. The highest BCUT2D eigenvalue weighted by Crippen LogP contribution is 2.19. The van der Waals surface area contributed by atoms with E-state index in [1.165, 1.54) is 18.3 Å². The van der Waals surface area contributed by atoms with E-state index in [1.54, 1.807) is 6.07 Å². The molecular weight excluding hydrogens is 304 g/mol. The Balaban J connectivity index is 2.92. The number of benzene rings is 1.